The Hall–Kier alpha value is -2.05. The van der Waals surface area contributed by atoms with Gasteiger partial charge in [-0.1, -0.05) is 18.2 Å². The number of piperazine rings is 1. The third-order valence-electron chi connectivity index (χ3n) is 6.61. The van der Waals surface area contributed by atoms with E-state index in [-0.39, 0.29) is 18.4 Å². The zero-order valence-electron chi connectivity index (χ0n) is 17.0. The third-order valence-corrected chi connectivity index (χ3v) is 6.84. The van der Waals surface area contributed by atoms with Gasteiger partial charge in [0.15, 0.2) is 0 Å². The van der Waals surface area contributed by atoms with Gasteiger partial charge in [-0.2, -0.15) is 0 Å². The summed E-state index contributed by atoms with van der Waals surface area (Å²) in [7, 11) is 2.19. The molecule has 4 rings (SSSR count). The molecule has 2 amide bonds. The molecule has 1 N–H and O–H groups in total. The zero-order chi connectivity index (χ0) is 20.5. The summed E-state index contributed by atoms with van der Waals surface area (Å²) in [5, 5.41) is 3.47. The van der Waals surface area contributed by atoms with Crippen molar-refractivity contribution in [3.05, 3.63) is 35.4 Å². The van der Waals surface area contributed by atoms with E-state index < -0.39 is 0 Å². The molecule has 3 aliphatic heterocycles. The summed E-state index contributed by atoms with van der Waals surface area (Å²) in [6.45, 7) is 7.23. The molecule has 3 aliphatic rings. The van der Waals surface area contributed by atoms with E-state index in [9.17, 15) is 9.59 Å². The SMILES string of the molecule is C=C1c2cc(Cl)ccc2N(CCC(=O)N2CCNC(=O)C2)CCC2CCC1N2C. The van der Waals surface area contributed by atoms with E-state index in [0.29, 0.717) is 43.2 Å². The Labute approximate surface area is 177 Å². The molecule has 2 bridgehead atoms. The highest BCUT2D eigenvalue weighted by Gasteiger charge is 2.35. The summed E-state index contributed by atoms with van der Waals surface area (Å²) in [6, 6.07) is 6.85. The van der Waals surface area contributed by atoms with Gasteiger partial charge in [-0.25, -0.2) is 0 Å². The van der Waals surface area contributed by atoms with Crippen LogP contribution in [0.3, 0.4) is 0 Å². The van der Waals surface area contributed by atoms with Crippen LogP contribution in [0.2, 0.25) is 5.02 Å². The molecule has 29 heavy (non-hydrogen) atoms. The molecule has 0 spiro atoms. The Morgan fingerprint density at radius 3 is 2.90 bits per heavy atom. The van der Waals surface area contributed by atoms with Crippen LogP contribution in [0.5, 0.6) is 0 Å². The highest BCUT2D eigenvalue weighted by Crippen LogP contribution is 2.39. The first kappa shape index (κ1) is 20.2. The standard InChI is InChI=1S/C22H29ClN4O2/c1-15-18-13-16(23)3-5-20(18)26(10-7-17-4-6-19(15)25(17)2)11-8-22(29)27-12-9-24-21(28)14-27/h3,5,13,17,19H,1,4,6-12,14H2,2H3,(H,24,28). The van der Waals surface area contributed by atoms with E-state index in [2.05, 4.69) is 34.8 Å². The smallest absolute Gasteiger partial charge is 0.239 e. The molecule has 156 valence electrons. The molecule has 2 saturated heterocycles. The van der Waals surface area contributed by atoms with Crippen LogP contribution < -0.4 is 10.2 Å². The van der Waals surface area contributed by atoms with E-state index in [0.717, 1.165) is 36.2 Å². The van der Waals surface area contributed by atoms with Crippen molar-refractivity contribution in [3.63, 3.8) is 0 Å². The number of rotatable bonds is 3. The van der Waals surface area contributed by atoms with Gasteiger partial charge < -0.3 is 15.1 Å². The van der Waals surface area contributed by atoms with Gasteiger partial charge in [0, 0.05) is 61.0 Å². The van der Waals surface area contributed by atoms with Gasteiger partial charge in [-0.05, 0) is 50.1 Å². The number of amides is 2. The van der Waals surface area contributed by atoms with Gasteiger partial charge in [-0.3, -0.25) is 14.5 Å². The Bertz CT molecular complexity index is 827. The summed E-state index contributed by atoms with van der Waals surface area (Å²) in [5.41, 5.74) is 3.30. The molecule has 2 fully saturated rings. The molecule has 1 aromatic rings. The van der Waals surface area contributed by atoms with Crippen molar-refractivity contribution in [2.45, 2.75) is 37.8 Å². The van der Waals surface area contributed by atoms with E-state index in [1.165, 1.54) is 6.42 Å². The number of carbonyl (C=O) groups excluding carboxylic acids is 2. The van der Waals surface area contributed by atoms with E-state index in [1.54, 1.807) is 4.90 Å². The maximum absolute atomic E-state index is 12.7. The van der Waals surface area contributed by atoms with Crippen molar-refractivity contribution in [3.8, 4) is 0 Å². The number of carbonyl (C=O) groups is 2. The summed E-state index contributed by atoms with van der Waals surface area (Å²) >= 11 is 6.33. The Kier molecular flexibility index (Phi) is 5.83. The minimum atomic E-state index is -0.0808. The summed E-state index contributed by atoms with van der Waals surface area (Å²) in [5.74, 6) is -0.0459. The number of nitrogens with one attached hydrogen (secondary N) is 1. The molecule has 0 radical (unpaired) electrons. The lowest BCUT2D eigenvalue weighted by Crippen LogP contribution is -2.50. The number of nitrogens with zero attached hydrogens (tertiary/aromatic N) is 3. The first-order valence-electron chi connectivity index (χ1n) is 10.4. The molecular formula is C22H29ClN4O2. The Balaban J connectivity index is 1.55. The van der Waals surface area contributed by atoms with Gasteiger partial charge in [0.2, 0.25) is 11.8 Å². The normalized spacial score (nSPS) is 25.2. The lowest BCUT2D eigenvalue weighted by Gasteiger charge is -2.31. The van der Waals surface area contributed by atoms with Crippen LogP contribution in [0.1, 0.15) is 31.2 Å². The molecule has 7 heteroatoms. The molecule has 0 aromatic heterocycles. The molecule has 3 heterocycles. The van der Waals surface area contributed by atoms with Crippen LogP contribution in [-0.2, 0) is 9.59 Å². The second-order valence-electron chi connectivity index (χ2n) is 8.29. The monoisotopic (exact) mass is 416 g/mol. The maximum Gasteiger partial charge on any atom is 0.239 e. The lowest BCUT2D eigenvalue weighted by atomic mass is 9.95. The fourth-order valence-electron chi connectivity index (χ4n) is 4.90. The van der Waals surface area contributed by atoms with Gasteiger partial charge in [0.05, 0.1) is 6.54 Å². The molecular weight excluding hydrogens is 388 g/mol. The van der Waals surface area contributed by atoms with Crippen LogP contribution in [0, 0.1) is 0 Å². The number of halogens is 1. The molecule has 0 saturated carbocycles. The van der Waals surface area contributed by atoms with Crippen molar-refractivity contribution >= 4 is 34.7 Å². The van der Waals surface area contributed by atoms with Crippen molar-refractivity contribution in [2.24, 2.45) is 0 Å². The molecule has 2 unspecified atom stereocenters. The van der Waals surface area contributed by atoms with Crippen LogP contribution in [0.25, 0.3) is 5.57 Å². The molecule has 1 aromatic carbocycles. The number of benzene rings is 1. The van der Waals surface area contributed by atoms with E-state index in [1.807, 2.05) is 12.1 Å². The van der Waals surface area contributed by atoms with Gasteiger partial charge >= 0.3 is 0 Å². The minimum absolute atomic E-state index is 0.0349. The molecule has 6 nitrogen and oxygen atoms in total. The number of fused-ring (bicyclic) bond motifs is 3. The molecule has 2 atom stereocenters. The largest absolute Gasteiger partial charge is 0.370 e. The third kappa shape index (κ3) is 4.14. The predicted octanol–water partition coefficient (Wildman–Crippen LogP) is 2.37. The quantitative estimate of drug-likeness (QED) is 0.821. The van der Waals surface area contributed by atoms with Crippen LogP contribution in [-0.4, -0.2) is 73.5 Å². The van der Waals surface area contributed by atoms with E-state index >= 15 is 0 Å². The van der Waals surface area contributed by atoms with E-state index in [4.69, 9.17) is 11.6 Å². The van der Waals surface area contributed by atoms with Crippen molar-refractivity contribution < 1.29 is 9.59 Å². The van der Waals surface area contributed by atoms with Crippen LogP contribution >= 0.6 is 11.6 Å². The lowest BCUT2D eigenvalue weighted by molar-refractivity contribution is -0.138. The van der Waals surface area contributed by atoms with Gasteiger partial charge in [0.25, 0.3) is 0 Å². The average molecular weight is 417 g/mol. The Morgan fingerprint density at radius 1 is 1.28 bits per heavy atom. The fourth-order valence-corrected chi connectivity index (χ4v) is 5.07. The zero-order valence-corrected chi connectivity index (χ0v) is 17.7. The number of hydrogen-bond acceptors (Lipinski definition) is 4. The summed E-state index contributed by atoms with van der Waals surface area (Å²) in [4.78, 5) is 30.7. The number of hydrogen-bond donors (Lipinski definition) is 1. The van der Waals surface area contributed by atoms with Crippen LogP contribution in [0.4, 0.5) is 5.69 Å². The topological polar surface area (TPSA) is 55.9 Å². The number of likely N-dealkylation sites (N-methyl/N-ethyl adjacent to an activating group) is 1. The Morgan fingerprint density at radius 2 is 2.10 bits per heavy atom. The summed E-state index contributed by atoms with van der Waals surface area (Å²) in [6.07, 6.45) is 3.75. The summed E-state index contributed by atoms with van der Waals surface area (Å²) < 4.78 is 0. The highest BCUT2D eigenvalue weighted by molar-refractivity contribution is 6.30. The predicted molar refractivity (Wildman–Crippen MR) is 116 cm³/mol. The van der Waals surface area contributed by atoms with Crippen LogP contribution in [0.15, 0.2) is 24.8 Å². The maximum atomic E-state index is 12.7. The minimum Gasteiger partial charge on any atom is -0.370 e. The fraction of sp³-hybridized carbons (Fsp3) is 0.545. The van der Waals surface area contributed by atoms with Gasteiger partial charge in [0.1, 0.15) is 0 Å². The first-order valence-corrected chi connectivity index (χ1v) is 10.8. The van der Waals surface area contributed by atoms with Crippen molar-refractivity contribution in [2.75, 3.05) is 44.7 Å². The second-order valence-corrected chi connectivity index (χ2v) is 8.73. The first-order chi connectivity index (χ1) is 13.9. The van der Waals surface area contributed by atoms with Crippen molar-refractivity contribution in [1.82, 2.24) is 15.1 Å². The average Bonchev–Trinajstić information content (AvgIpc) is 3.08. The molecule has 0 aliphatic carbocycles. The number of anilines is 1. The second kappa shape index (κ2) is 8.36. The highest BCUT2D eigenvalue weighted by atomic mass is 35.5. The van der Waals surface area contributed by atoms with Gasteiger partial charge in [-0.15, -0.1) is 0 Å². The van der Waals surface area contributed by atoms with Crippen molar-refractivity contribution in [1.29, 1.82) is 0 Å².